The molecule has 0 heterocycles. The largest absolute Gasteiger partial charge is 0.313 e. The first-order valence-electron chi connectivity index (χ1n) is 5.52. The average molecular weight is 243 g/mol. The second kappa shape index (κ2) is 6.45. The molecule has 17 heavy (non-hydrogen) atoms. The van der Waals surface area contributed by atoms with Gasteiger partial charge in [-0.25, -0.2) is 13.2 Å². The van der Waals surface area contributed by atoms with Crippen LogP contribution in [0.1, 0.15) is 30.9 Å². The highest BCUT2D eigenvalue weighted by Gasteiger charge is 2.19. The van der Waals surface area contributed by atoms with Gasteiger partial charge in [-0.3, -0.25) is 0 Å². The van der Waals surface area contributed by atoms with Crippen LogP contribution in [-0.2, 0) is 0 Å². The Kier molecular flexibility index (Phi) is 5.22. The molecular weight excluding hydrogens is 227 g/mol. The lowest BCUT2D eigenvalue weighted by molar-refractivity contribution is 0.454. The van der Waals surface area contributed by atoms with Gasteiger partial charge in [-0.15, -0.1) is 6.58 Å². The summed E-state index contributed by atoms with van der Waals surface area (Å²) in [5.41, 5.74) is -0.0991. The third-order valence-electron chi connectivity index (χ3n) is 2.64. The first-order chi connectivity index (χ1) is 8.10. The summed E-state index contributed by atoms with van der Waals surface area (Å²) in [6.45, 7) is 3.58. The van der Waals surface area contributed by atoms with E-state index in [1.807, 2.05) is 0 Å². The predicted molar refractivity (Wildman–Crippen MR) is 62.2 cm³/mol. The summed E-state index contributed by atoms with van der Waals surface area (Å²) in [6, 6.07) is 0.961. The van der Waals surface area contributed by atoms with Crippen LogP contribution in [0.5, 0.6) is 0 Å². The summed E-state index contributed by atoms with van der Waals surface area (Å²) in [4.78, 5) is 0. The van der Waals surface area contributed by atoms with Crippen LogP contribution in [0.2, 0.25) is 0 Å². The summed E-state index contributed by atoms with van der Waals surface area (Å²) in [6.07, 6.45) is 3.87. The Bertz CT molecular complexity index is 367. The number of unbranched alkanes of at least 4 members (excludes halogenated alkanes) is 1. The molecule has 0 aliphatic heterocycles. The van der Waals surface area contributed by atoms with E-state index in [9.17, 15) is 13.2 Å². The molecule has 4 heteroatoms. The Hall–Kier alpha value is -1.29. The minimum Gasteiger partial charge on any atom is -0.313 e. The Labute approximate surface area is 99.3 Å². The highest BCUT2D eigenvalue weighted by molar-refractivity contribution is 5.24. The fourth-order valence-corrected chi connectivity index (χ4v) is 1.79. The zero-order chi connectivity index (χ0) is 12.8. The van der Waals surface area contributed by atoms with Gasteiger partial charge in [0.1, 0.15) is 17.5 Å². The van der Waals surface area contributed by atoms with Gasteiger partial charge < -0.3 is 5.32 Å². The van der Waals surface area contributed by atoms with Crippen molar-refractivity contribution in [2.45, 2.75) is 25.3 Å². The topological polar surface area (TPSA) is 12.0 Å². The van der Waals surface area contributed by atoms with Crippen molar-refractivity contribution < 1.29 is 13.2 Å². The van der Waals surface area contributed by atoms with Crippen LogP contribution >= 0.6 is 0 Å². The number of hydrogen-bond acceptors (Lipinski definition) is 1. The van der Waals surface area contributed by atoms with Crippen molar-refractivity contribution in [3.05, 3.63) is 47.8 Å². The quantitative estimate of drug-likeness (QED) is 0.593. The summed E-state index contributed by atoms with van der Waals surface area (Å²) < 4.78 is 39.8. The number of hydrogen-bond donors (Lipinski definition) is 1. The molecular formula is C13H16F3N. The zero-order valence-corrected chi connectivity index (χ0v) is 9.77. The molecule has 0 radical (unpaired) electrons. The Morgan fingerprint density at radius 1 is 1.29 bits per heavy atom. The molecule has 1 atom stereocenters. The molecule has 1 unspecified atom stereocenters. The number of halogens is 3. The van der Waals surface area contributed by atoms with E-state index in [0.29, 0.717) is 18.6 Å². The summed E-state index contributed by atoms with van der Waals surface area (Å²) in [7, 11) is 1.63. The van der Waals surface area contributed by atoms with Gasteiger partial charge in [0.25, 0.3) is 0 Å². The molecule has 0 bridgehead atoms. The minimum absolute atomic E-state index is 0.0991. The maximum absolute atomic E-state index is 13.5. The van der Waals surface area contributed by atoms with Gasteiger partial charge in [0.2, 0.25) is 0 Å². The predicted octanol–water partition coefficient (Wildman–Crippen LogP) is 3.72. The van der Waals surface area contributed by atoms with Crippen molar-refractivity contribution in [3.8, 4) is 0 Å². The molecule has 0 aromatic heterocycles. The molecule has 0 spiro atoms. The lowest BCUT2D eigenvalue weighted by Crippen LogP contribution is -2.19. The lowest BCUT2D eigenvalue weighted by atomic mass is 10.00. The van der Waals surface area contributed by atoms with Crippen molar-refractivity contribution in [3.63, 3.8) is 0 Å². The molecule has 1 aromatic rings. The van der Waals surface area contributed by atoms with Gasteiger partial charge in [0.05, 0.1) is 0 Å². The summed E-state index contributed by atoms with van der Waals surface area (Å²) in [5, 5.41) is 2.84. The van der Waals surface area contributed by atoms with Gasteiger partial charge in [-0.2, -0.15) is 0 Å². The smallest absolute Gasteiger partial charge is 0.133 e. The van der Waals surface area contributed by atoms with Crippen molar-refractivity contribution in [1.29, 1.82) is 0 Å². The number of rotatable bonds is 6. The number of benzene rings is 1. The molecule has 0 fully saturated rings. The van der Waals surface area contributed by atoms with Gasteiger partial charge in [0, 0.05) is 23.7 Å². The van der Waals surface area contributed by atoms with E-state index < -0.39 is 23.5 Å². The van der Waals surface area contributed by atoms with Crippen LogP contribution < -0.4 is 5.32 Å². The van der Waals surface area contributed by atoms with Crippen LogP contribution in [0.3, 0.4) is 0 Å². The Balaban J connectivity index is 2.91. The molecule has 1 aromatic carbocycles. The standard InChI is InChI=1S/C13H16F3N/c1-3-4-5-6-12(17-2)13-10(15)7-9(14)8-11(13)16/h3,7-8,12,17H,1,4-6H2,2H3. The van der Waals surface area contributed by atoms with E-state index in [1.54, 1.807) is 13.1 Å². The molecule has 1 N–H and O–H groups in total. The van der Waals surface area contributed by atoms with E-state index in [-0.39, 0.29) is 5.56 Å². The van der Waals surface area contributed by atoms with Crippen LogP contribution in [0.25, 0.3) is 0 Å². The zero-order valence-electron chi connectivity index (χ0n) is 9.77. The Morgan fingerprint density at radius 2 is 1.88 bits per heavy atom. The SMILES string of the molecule is C=CCCCC(NC)c1c(F)cc(F)cc1F. The van der Waals surface area contributed by atoms with Gasteiger partial charge >= 0.3 is 0 Å². The van der Waals surface area contributed by atoms with Crippen molar-refractivity contribution >= 4 is 0 Å². The average Bonchev–Trinajstić information content (AvgIpc) is 2.25. The molecule has 0 amide bonds. The van der Waals surface area contributed by atoms with Crippen molar-refractivity contribution in [2.75, 3.05) is 7.05 Å². The summed E-state index contributed by atoms with van der Waals surface area (Å²) in [5.74, 6) is -2.59. The number of nitrogens with one attached hydrogen (secondary N) is 1. The fourth-order valence-electron chi connectivity index (χ4n) is 1.79. The van der Waals surface area contributed by atoms with Crippen molar-refractivity contribution in [2.24, 2.45) is 0 Å². The van der Waals surface area contributed by atoms with Crippen LogP contribution in [-0.4, -0.2) is 7.05 Å². The molecule has 0 aliphatic carbocycles. The van der Waals surface area contributed by atoms with Crippen LogP contribution in [0.15, 0.2) is 24.8 Å². The Morgan fingerprint density at radius 3 is 2.35 bits per heavy atom. The molecule has 1 nitrogen and oxygen atoms in total. The van der Waals surface area contributed by atoms with E-state index in [2.05, 4.69) is 11.9 Å². The maximum Gasteiger partial charge on any atom is 0.133 e. The third kappa shape index (κ3) is 3.60. The second-order valence-corrected chi connectivity index (χ2v) is 3.84. The minimum atomic E-state index is -0.898. The van der Waals surface area contributed by atoms with E-state index >= 15 is 0 Å². The molecule has 0 aliphatic rings. The van der Waals surface area contributed by atoms with E-state index in [4.69, 9.17) is 0 Å². The normalized spacial score (nSPS) is 12.5. The van der Waals surface area contributed by atoms with Crippen LogP contribution in [0, 0.1) is 17.5 Å². The summed E-state index contributed by atoms with van der Waals surface area (Å²) >= 11 is 0. The van der Waals surface area contributed by atoms with E-state index in [0.717, 1.165) is 12.8 Å². The van der Waals surface area contributed by atoms with E-state index in [1.165, 1.54) is 0 Å². The first-order valence-corrected chi connectivity index (χ1v) is 5.52. The molecule has 94 valence electrons. The molecule has 1 rings (SSSR count). The molecule has 0 saturated heterocycles. The third-order valence-corrected chi connectivity index (χ3v) is 2.64. The second-order valence-electron chi connectivity index (χ2n) is 3.84. The maximum atomic E-state index is 13.5. The van der Waals surface area contributed by atoms with Gasteiger partial charge in [-0.1, -0.05) is 6.08 Å². The highest BCUT2D eigenvalue weighted by Crippen LogP contribution is 2.25. The fraction of sp³-hybridized carbons (Fsp3) is 0.385. The first kappa shape index (κ1) is 13.8. The lowest BCUT2D eigenvalue weighted by Gasteiger charge is -2.17. The monoisotopic (exact) mass is 243 g/mol. The van der Waals surface area contributed by atoms with Crippen LogP contribution in [0.4, 0.5) is 13.2 Å². The van der Waals surface area contributed by atoms with Gasteiger partial charge in [-0.05, 0) is 26.3 Å². The van der Waals surface area contributed by atoms with Crippen molar-refractivity contribution in [1.82, 2.24) is 5.32 Å². The molecule has 0 saturated carbocycles. The van der Waals surface area contributed by atoms with Gasteiger partial charge in [0.15, 0.2) is 0 Å². The number of allylic oxidation sites excluding steroid dienone is 1. The highest BCUT2D eigenvalue weighted by atomic mass is 19.1.